The lowest BCUT2D eigenvalue weighted by molar-refractivity contribution is 0.0635. The Morgan fingerprint density at radius 1 is 1.18 bits per heavy atom. The summed E-state index contributed by atoms with van der Waals surface area (Å²) in [7, 11) is 0. The van der Waals surface area contributed by atoms with Crippen LogP contribution in [0.2, 0.25) is 5.02 Å². The molecule has 0 radical (unpaired) electrons. The summed E-state index contributed by atoms with van der Waals surface area (Å²) in [5, 5.41) is 20.6. The molecule has 4 rings (SSSR count). The van der Waals surface area contributed by atoms with Gasteiger partial charge in [-0.05, 0) is 63.1 Å². The van der Waals surface area contributed by atoms with Crippen LogP contribution in [0, 0.1) is 18.3 Å². The molecule has 1 aromatic carbocycles. The largest absolute Gasteiger partial charge is 0.444 e. The zero-order chi connectivity index (χ0) is 27.4. The van der Waals surface area contributed by atoms with E-state index >= 15 is 0 Å². The molecule has 38 heavy (non-hydrogen) atoms. The minimum atomic E-state index is -0.624. The number of aryl methyl sites for hydroxylation is 1. The fraction of sp³-hybridized carbons (Fsp3) is 0.259. The van der Waals surface area contributed by atoms with Gasteiger partial charge in [0, 0.05) is 30.0 Å². The summed E-state index contributed by atoms with van der Waals surface area (Å²) in [4.78, 5) is 33.5. The third kappa shape index (κ3) is 6.63. The summed E-state index contributed by atoms with van der Waals surface area (Å²) >= 11 is 6.05. The van der Waals surface area contributed by atoms with Gasteiger partial charge < -0.3 is 10.1 Å². The van der Waals surface area contributed by atoms with Crippen LogP contribution in [0.3, 0.4) is 0 Å². The first-order valence-corrected chi connectivity index (χ1v) is 12.1. The topological polar surface area (TPSA) is 135 Å². The Morgan fingerprint density at radius 2 is 1.97 bits per heavy atom. The number of benzene rings is 1. The van der Waals surface area contributed by atoms with Crippen molar-refractivity contribution in [2.75, 3.05) is 5.32 Å². The smallest absolute Gasteiger partial charge is 0.413 e. The van der Waals surface area contributed by atoms with Gasteiger partial charge in [-0.1, -0.05) is 23.7 Å². The first-order valence-electron chi connectivity index (χ1n) is 11.8. The normalized spacial score (nSPS) is 11.2. The fourth-order valence-corrected chi connectivity index (χ4v) is 3.88. The highest BCUT2D eigenvalue weighted by atomic mass is 35.5. The number of hydrogen-bond donors (Lipinski definition) is 2. The molecule has 0 saturated heterocycles. The van der Waals surface area contributed by atoms with Crippen LogP contribution in [0.25, 0.3) is 10.9 Å². The molecule has 0 spiro atoms. The molecule has 194 valence electrons. The molecule has 4 aromatic rings. The van der Waals surface area contributed by atoms with Crippen molar-refractivity contribution >= 4 is 40.3 Å². The Kier molecular flexibility index (Phi) is 7.60. The van der Waals surface area contributed by atoms with Crippen LogP contribution in [0.4, 0.5) is 10.6 Å². The van der Waals surface area contributed by atoms with Gasteiger partial charge in [0.25, 0.3) is 5.91 Å². The van der Waals surface area contributed by atoms with Gasteiger partial charge in [0.15, 0.2) is 5.69 Å². The number of ether oxygens (including phenoxy) is 1. The molecule has 0 aliphatic rings. The first-order chi connectivity index (χ1) is 18.0. The number of hydrogen-bond acceptors (Lipinski definition) is 7. The molecule has 2 amide bonds. The maximum Gasteiger partial charge on any atom is 0.413 e. The number of fused-ring (bicyclic) bond motifs is 1. The molecule has 0 aliphatic carbocycles. The minimum absolute atomic E-state index is 0.0276. The Bertz CT molecular complexity index is 1570. The molecule has 0 bridgehead atoms. The van der Waals surface area contributed by atoms with E-state index in [1.54, 1.807) is 56.9 Å². The van der Waals surface area contributed by atoms with Crippen molar-refractivity contribution in [3.05, 3.63) is 81.9 Å². The van der Waals surface area contributed by atoms with Crippen LogP contribution < -0.4 is 10.6 Å². The highest BCUT2D eigenvalue weighted by Crippen LogP contribution is 2.19. The number of pyridine rings is 2. The third-order valence-corrected chi connectivity index (χ3v) is 5.64. The second kappa shape index (κ2) is 10.9. The molecule has 0 aliphatic heterocycles. The van der Waals surface area contributed by atoms with E-state index in [0.717, 1.165) is 22.0 Å². The van der Waals surface area contributed by atoms with Crippen LogP contribution in [-0.2, 0) is 17.8 Å². The lowest BCUT2D eigenvalue weighted by Gasteiger charge is -2.19. The van der Waals surface area contributed by atoms with Crippen LogP contribution >= 0.6 is 11.6 Å². The van der Waals surface area contributed by atoms with E-state index in [4.69, 9.17) is 16.3 Å². The lowest BCUT2D eigenvalue weighted by atomic mass is 10.1. The number of nitrogens with one attached hydrogen (secondary N) is 2. The van der Waals surface area contributed by atoms with Gasteiger partial charge in [0.05, 0.1) is 22.6 Å². The molecule has 11 heteroatoms. The average Bonchev–Trinajstić information content (AvgIpc) is 3.24. The number of carbonyl (C=O) groups is 2. The zero-order valence-electron chi connectivity index (χ0n) is 21.4. The third-order valence-electron chi connectivity index (χ3n) is 5.43. The van der Waals surface area contributed by atoms with Gasteiger partial charge in [-0.2, -0.15) is 10.4 Å². The highest BCUT2D eigenvalue weighted by Gasteiger charge is 2.18. The summed E-state index contributed by atoms with van der Waals surface area (Å²) in [6, 6.07) is 12.9. The predicted molar refractivity (Wildman–Crippen MR) is 143 cm³/mol. The molecule has 0 saturated carbocycles. The lowest BCUT2D eigenvalue weighted by Crippen LogP contribution is -2.27. The number of carbonyl (C=O) groups excluding carboxylic acids is 2. The van der Waals surface area contributed by atoms with E-state index in [1.165, 1.54) is 0 Å². The number of aromatic nitrogens is 4. The number of nitrogens with zero attached hydrogens (tertiary/aromatic N) is 5. The number of anilines is 1. The molecule has 3 aromatic heterocycles. The maximum atomic E-state index is 12.9. The van der Waals surface area contributed by atoms with Crippen molar-refractivity contribution < 1.29 is 14.3 Å². The molecule has 10 nitrogen and oxygen atoms in total. The van der Waals surface area contributed by atoms with Crippen LogP contribution in [-0.4, -0.2) is 37.3 Å². The molecule has 2 N–H and O–H groups in total. The SMILES string of the molecule is Cc1nc(NC(=O)OC(C)(C)C)ccc1CNC(=O)c1cn(Cc2ccc3ncc(Cl)cc3c2)nc1C#N. The molecular weight excluding hydrogens is 506 g/mol. The van der Waals surface area contributed by atoms with E-state index in [9.17, 15) is 14.9 Å². The van der Waals surface area contributed by atoms with Crippen molar-refractivity contribution in [3.63, 3.8) is 0 Å². The quantitative estimate of drug-likeness (QED) is 0.358. The van der Waals surface area contributed by atoms with Crippen LogP contribution in [0.5, 0.6) is 0 Å². The molecule has 0 fully saturated rings. The summed E-state index contributed by atoms with van der Waals surface area (Å²) in [5.74, 6) is -0.0933. The van der Waals surface area contributed by atoms with E-state index in [-0.39, 0.29) is 17.8 Å². The highest BCUT2D eigenvalue weighted by molar-refractivity contribution is 6.31. The Morgan fingerprint density at radius 3 is 2.68 bits per heavy atom. The molecular formula is C27H26ClN7O3. The fourth-order valence-electron chi connectivity index (χ4n) is 3.72. The molecule has 3 heterocycles. The number of halogens is 1. The van der Waals surface area contributed by atoms with Crippen molar-refractivity contribution in [1.82, 2.24) is 25.1 Å². The summed E-state index contributed by atoms with van der Waals surface area (Å²) in [6.45, 7) is 7.63. The maximum absolute atomic E-state index is 12.9. The van der Waals surface area contributed by atoms with Crippen molar-refractivity contribution in [3.8, 4) is 6.07 Å². The first kappa shape index (κ1) is 26.6. The monoisotopic (exact) mass is 531 g/mol. The van der Waals surface area contributed by atoms with Crippen LogP contribution in [0.15, 0.2) is 48.8 Å². The van der Waals surface area contributed by atoms with E-state index < -0.39 is 17.6 Å². The number of amides is 2. The van der Waals surface area contributed by atoms with Crippen LogP contribution in [0.1, 0.15) is 53.6 Å². The van der Waals surface area contributed by atoms with Gasteiger partial charge in [0.2, 0.25) is 0 Å². The predicted octanol–water partition coefficient (Wildman–Crippen LogP) is 4.99. The number of nitriles is 1. The second-order valence-corrected chi connectivity index (χ2v) is 10.1. The zero-order valence-corrected chi connectivity index (χ0v) is 22.1. The van der Waals surface area contributed by atoms with E-state index in [2.05, 4.69) is 25.7 Å². The molecule has 0 unspecified atom stereocenters. The second-order valence-electron chi connectivity index (χ2n) is 9.63. The van der Waals surface area contributed by atoms with Crippen molar-refractivity contribution in [1.29, 1.82) is 5.26 Å². The summed E-state index contributed by atoms with van der Waals surface area (Å²) < 4.78 is 6.79. The van der Waals surface area contributed by atoms with E-state index in [0.29, 0.717) is 23.1 Å². The standard InChI is InChI=1S/C27H26ClN7O3/c1-16-18(6-8-24(32-16)33-26(37)38-27(2,3)4)12-31-25(36)21-15-35(34-23(21)11-29)14-17-5-7-22-19(9-17)10-20(28)13-30-22/h5-10,13,15H,12,14H2,1-4H3,(H,31,36)(H,32,33,37). The molecule has 0 atom stereocenters. The van der Waals surface area contributed by atoms with Gasteiger partial charge in [-0.15, -0.1) is 0 Å². The Hall–Kier alpha value is -4.49. The van der Waals surface area contributed by atoms with Gasteiger partial charge >= 0.3 is 6.09 Å². The Balaban J connectivity index is 1.42. The van der Waals surface area contributed by atoms with Gasteiger partial charge in [0.1, 0.15) is 17.5 Å². The average molecular weight is 532 g/mol. The van der Waals surface area contributed by atoms with Crippen molar-refractivity contribution in [2.24, 2.45) is 0 Å². The number of rotatable bonds is 6. The minimum Gasteiger partial charge on any atom is -0.444 e. The van der Waals surface area contributed by atoms with Gasteiger partial charge in [-0.25, -0.2) is 9.78 Å². The van der Waals surface area contributed by atoms with E-state index in [1.807, 2.05) is 30.3 Å². The van der Waals surface area contributed by atoms with Gasteiger partial charge in [-0.3, -0.25) is 19.8 Å². The Labute approximate surface area is 224 Å². The van der Waals surface area contributed by atoms with Crippen molar-refractivity contribution in [2.45, 2.75) is 46.4 Å². The summed E-state index contributed by atoms with van der Waals surface area (Å²) in [6.07, 6.45) is 2.54. The summed E-state index contributed by atoms with van der Waals surface area (Å²) in [5.41, 5.74) is 2.69.